The van der Waals surface area contributed by atoms with Crippen molar-refractivity contribution in [1.82, 2.24) is 0 Å². The first-order valence-corrected chi connectivity index (χ1v) is 18.9. The molecule has 55 heavy (non-hydrogen) atoms. The van der Waals surface area contributed by atoms with E-state index >= 15 is 0 Å². The molecule has 0 saturated carbocycles. The van der Waals surface area contributed by atoms with Gasteiger partial charge in [0.25, 0.3) is 0 Å². The highest BCUT2D eigenvalue weighted by Crippen LogP contribution is 2.39. The minimum Gasteiger partial charge on any atom is -0.311 e. The van der Waals surface area contributed by atoms with Gasteiger partial charge in [0.2, 0.25) is 0 Å². The van der Waals surface area contributed by atoms with E-state index in [1.807, 2.05) is 0 Å². The maximum absolute atomic E-state index is 2.35. The first-order chi connectivity index (χ1) is 27.3. The van der Waals surface area contributed by atoms with Gasteiger partial charge in [0.15, 0.2) is 0 Å². The summed E-state index contributed by atoms with van der Waals surface area (Å²) in [5, 5.41) is 7.56. The highest BCUT2D eigenvalue weighted by molar-refractivity contribution is 5.99. The predicted octanol–water partition coefficient (Wildman–Crippen LogP) is 15.3. The Labute approximate surface area is 322 Å². The Hall–Kier alpha value is -7.22. The standard InChI is InChI=1S/C54H37N/c1-4-16-49-40(10-1)13-7-19-52(49)43-24-22-38(23-25-43)39-26-32-46(33-27-39)55(47-34-28-44(29-35-47)53-20-8-14-41-11-2-5-17-50(41)53)48-36-30-45(31-37-48)54-21-9-15-42-12-3-6-18-51(42)54/h1-37H. The minimum atomic E-state index is 1.10. The molecule has 0 atom stereocenters. The summed E-state index contributed by atoms with van der Waals surface area (Å²) in [6.07, 6.45) is 0. The molecule has 0 spiro atoms. The zero-order valence-corrected chi connectivity index (χ0v) is 30.3. The summed E-state index contributed by atoms with van der Waals surface area (Å²) in [5.41, 5.74) is 13.1. The fraction of sp³-hybridized carbons (Fsp3) is 0. The Balaban J connectivity index is 1.01. The molecule has 0 aliphatic heterocycles. The number of nitrogens with zero attached hydrogens (tertiary/aromatic N) is 1. The molecule has 0 heterocycles. The van der Waals surface area contributed by atoms with Crippen molar-refractivity contribution in [1.29, 1.82) is 0 Å². The van der Waals surface area contributed by atoms with Crippen molar-refractivity contribution in [2.24, 2.45) is 0 Å². The van der Waals surface area contributed by atoms with Gasteiger partial charge < -0.3 is 4.90 Å². The van der Waals surface area contributed by atoms with Crippen molar-refractivity contribution < 1.29 is 0 Å². The normalized spacial score (nSPS) is 11.3. The molecule has 258 valence electrons. The lowest BCUT2D eigenvalue weighted by Crippen LogP contribution is -2.09. The van der Waals surface area contributed by atoms with Crippen LogP contribution in [0.25, 0.3) is 76.8 Å². The maximum Gasteiger partial charge on any atom is 0.0462 e. The average molecular weight is 700 g/mol. The van der Waals surface area contributed by atoms with Crippen LogP contribution in [0.2, 0.25) is 0 Å². The van der Waals surface area contributed by atoms with E-state index < -0.39 is 0 Å². The Morgan fingerprint density at radius 1 is 0.200 bits per heavy atom. The summed E-state index contributed by atoms with van der Waals surface area (Å²) in [7, 11) is 0. The third-order valence-electron chi connectivity index (χ3n) is 10.9. The van der Waals surface area contributed by atoms with Crippen molar-refractivity contribution >= 4 is 49.4 Å². The number of hydrogen-bond donors (Lipinski definition) is 0. The van der Waals surface area contributed by atoms with E-state index in [0.29, 0.717) is 0 Å². The van der Waals surface area contributed by atoms with Crippen LogP contribution in [0.1, 0.15) is 0 Å². The van der Waals surface area contributed by atoms with Gasteiger partial charge in [-0.3, -0.25) is 0 Å². The number of anilines is 3. The van der Waals surface area contributed by atoms with Crippen molar-refractivity contribution in [3.05, 3.63) is 224 Å². The molecule has 0 fully saturated rings. The number of hydrogen-bond acceptors (Lipinski definition) is 1. The molecular weight excluding hydrogens is 663 g/mol. The lowest BCUT2D eigenvalue weighted by molar-refractivity contribution is 1.28. The highest BCUT2D eigenvalue weighted by Gasteiger charge is 2.15. The second-order valence-electron chi connectivity index (χ2n) is 14.1. The van der Waals surface area contributed by atoms with Crippen LogP contribution in [0.5, 0.6) is 0 Å². The molecule has 0 saturated heterocycles. The van der Waals surface area contributed by atoms with Crippen LogP contribution < -0.4 is 4.90 Å². The van der Waals surface area contributed by atoms with E-state index in [0.717, 1.165) is 17.1 Å². The van der Waals surface area contributed by atoms with Crippen LogP contribution in [0.3, 0.4) is 0 Å². The Morgan fingerprint density at radius 2 is 0.455 bits per heavy atom. The van der Waals surface area contributed by atoms with Crippen LogP contribution in [0.4, 0.5) is 17.1 Å². The molecule has 1 heteroatoms. The first kappa shape index (κ1) is 32.4. The molecule has 0 unspecified atom stereocenters. The number of fused-ring (bicyclic) bond motifs is 3. The van der Waals surface area contributed by atoms with Gasteiger partial charge in [0.05, 0.1) is 0 Å². The zero-order chi connectivity index (χ0) is 36.6. The van der Waals surface area contributed by atoms with Gasteiger partial charge in [-0.05, 0) is 113 Å². The van der Waals surface area contributed by atoms with Crippen LogP contribution in [0, 0.1) is 0 Å². The zero-order valence-electron chi connectivity index (χ0n) is 30.3. The second kappa shape index (κ2) is 14.0. The lowest BCUT2D eigenvalue weighted by Gasteiger charge is -2.26. The van der Waals surface area contributed by atoms with Crippen LogP contribution in [-0.2, 0) is 0 Å². The molecule has 0 radical (unpaired) electrons. The Morgan fingerprint density at radius 3 is 0.800 bits per heavy atom. The fourth-order valence-corrected chi connectivity index (χ4v) is 8.10. The van der Waals surface area contributed by atoms with E-state index in [1.54, 1.807) is 0 Å². The average Bonchev–Trinajstić information content (AvgIpc) is 3.27. The summed E-state index contributed by atoms with van der Waals surface area (Å²) in [6, 6.07) is 81.3. The van der Waals surface area contributed by atoms with Gasteiger partial charge >= 0.3 is 0 Å². The van der Waals surface area contributed by atoms with Crippen molar-refractivity contribution in [2.75, 3.05) is 4.90 Å². The predicted molar refractivity (Wildman–Crippen MR) is 235 cm³/mol. The maximum atomic E-state index is 2.35. The minimum absolute atomic E-state index is 1.10. The summed E-state index contributed by atoms with van der Waals surface area (Å²) in [6.45, 7) is 0. The topological polar surface area (TPSA) is 3.24 Å². The van der Waals surface area contributed by atoms with E-state index in [9.17, 15) is 0 Å². The SMILES string of the molecule is c1ccc2c(-c3ccc(-c4ccc(N(c5ccc(-c6cccc7ccccc67)cc5)c5ccc(-c6cccc7ccccc67)cc5)cc4)cc3)cccc2c1. The molecule has 0 aliphatic rings. The van der Waals surface area contributed by atoms with E-state index in [4.69, 9.17) is 0 Å². The van der Waals surface area contributed by atoms with E-state index in [2.05, 4.69) is 229 Å². The smallest absolute Gasteiger partial charge is 0.0462 e. The van der Waals surface area contributed by atoms with Crippen molar-refractivity contribution in [3.63, 3.8) is 0 Å². The summed E-state index contributed by atoms with van der Waals surface area (Å²) in [5.74, 6) is 0. The first-order valence-electron chi connectivity index (χ1n) is 18.9. The lowest BCUT2D eigenvalue weighted by atomic mass is 9.96. The number of benzene rings is 10. The molecule has 1 nitrogen and oxygen atoms in total. The van der Waals surface area contributed by atoms with Crippen LogP contribution >= 0.6 is 0 Å². The monoisotopic (exact) mass is 699 g/mol. The van der Waals surface area contributed by atoms with E-state index in [-0.39, 0.29) is 0 Å². The fourth-order valence-electron chi connectivity index (χ4n) is 8.10. The molecule has 0 aliphatic carbocycles. The molecule has 0 N–H and O–H groups in total. The Bertz CT molecular complexity index is 2800. The molecule has 10 aromatic carbocycles. The highest BCUT2D eigenvalue weighted by atomic mass is 15.1. The number of rotatable bonds is 7. The summed E-state index contributed by atoms with van der Waals surface area (Å²) in [4.78, 5) is 2.35. The Kier molecular flexibility index (Phi) is 8.24. The largest absolute Gasteiger partial charge is 0.311 e. The van der Waals surface area contributed by atoms with Crippen LogP contribution in [0.15, 0.2) is 224 Å². The van der Waals surface area contributed by atoms with Gasteiger partial charge in [-0.2, -0.15) is 0 Å². The van der Waals surface area contributed by atoms with Crippen LogP contribution in [-0.4, -0.2) is 0 Å². The van der Waals surface area contributed by atoms with E-state index in [1.165, 1.54) is 76.8 Å². The third-order valence-corrected chi connectivity index (χ3v) is 10.9. The van der Waals surface area contributed by atoms with Crippen molar-refractivity contribution in [2.45, 2.75) is 0 Å². The van der Waals surface area contributed by atoms with Gasteiger partial charge in [-0.15, -0.1) is 0 Å². The summed E-state index contributed by atoms with van der Waals surface area (Å²) < 4.78 is 0. The molecule has 0 amide bonds. The van der Waals surface area contributed by atoms with Gasteiger partial charge in [-0.1, -0.05) is 188 Å². The van der Waals surface area contributed by atoms with Gasteiger partial charge in [0, 0.05) is 17.1 Å². The summed E-state index contributed by atoms with van der Waals surface area (Å²) >= 11 is 0. The molecule has 10 rings (SSSR count). The van der Waals surface area contributed by atoms with Gasteiger partial charge in [-0.25, -0.2) is 0 Å². The molecular formula is C54H37N. The van der Waals surface area contributed by atoms with Crippen molar-refractivity contribution in [3.8, 4) is 44.5 Å². The molecule has 10 aromatic rings. The third kappa shape index (κ3) is 6.12. The second-order valence-corrected chi connectivity index (χ2v) is 14.1. The molecule has 0 aromatic heterocycles. The van der Waals surface area contributed by atoms with Gasteiger partial charge in [0.1, 0.15) is 0 Å². The molecule has 0 bridgehead atoms. The quantitative estimate of drug-likeness (QED) is 0.160.